The van der Waals surface area contributed by atoms with Crippen LogP contribution in [0.5, 0.6) is 0 Å². The molecule has 1 amide bonds. The molecule has 0 fully saturated rings. The van der Waals surface area contributed by atoms with Gasteiger partial charge in [-0.1, -0.05) is 42.3 Å². The zero-order valence-corrected chi connectivity index (χ0v) is 15.0. The molecular weight excluding hydrogens is 372 g/mol. The van der Waals surface area contributed by atoms with E-state index in [1.807, 2.05) is 0 Å². The number of aliphatic hydroxyl groups is 1. The number of aryl methyl sites for hydroxylation is 1. The molecule has 0 aliphatic carbocycles. The van der Waals surface area contributed by atoms with E-state index in [1.54, 1.807) is 5.32 Å². The van der Waals surface area contributed by atoms with Crippen LogP contribution in [0.4, 0.5) is 10.8 Å². The summed E-state index contributed by atoms with van der Waals surface area (Å²) in [5, 5.41) is 14.2. The highest BCUT2D eigenvalue weighted by Crippen LogP contribution is 2.14. The van der Waals surface area contributed by atoms with Crippen LogP contribution in [0.2, 0.25) is 0 Å². The Bertz CT molecular complexity index is 1480. The van der Waals surface area contributed by atoms with E-state index in [2.05, 4.69) is 10.3 Å². The number of hydrogen-bond acceptors (Lipinski definition) is 6. The predicted molar refractivity (Wildman–Crippen MR) is 113 cm³/mol. The van der Waals surface area contributed by atoms with Crippen molar-refractivity contribution in [1.82, 2.24) is 10.3 Å². The standard InChI is InChI=1S/C21H24N4O2S/c22-21-25-18(14-28-21)12-20(27)24-17-8-6-15(7-9-17)10-11-23-13-19(26)16-4-2-1-3-5-16/h1-9,14,19,23,26H,10-13H2,(H2,22,25)(H,24,27)/t19-/m1/s1/i1D,2D,3D,4D,5D,10D2,11D2,12D2,13D2,14D. The lowest BCUT2D eigenvalue weighted by Crippen LogP contribution is -2.23. The van der Waals surface area contributed by atoms with Crippen molar-refractivity contribution >= 4 is 28.1 Å². The summed E-state index contributed by atoms with van der Waals surface area (Å²) in [4.78, 5) is 16.2. The molecule has 5 N–H and O–H groups in total. The van der Waals surface area contributed by atoms with Gasteiger partial charge in [-0.25, -0.2) is 4.98 Å². The molecule has 3 rings (SSSR count). The van der Waals surface area contributed by atoms with Crippen molar-refractivity contribution < 1.29 is 29.1 Å². The predicted octanol–water partition coefficient (Wildman–Crippen LogP) is 2.77. The molecule has 0 spiro atoms. The number of aromatic nitrogens is 1. The first-order valence-electron chi connectivity index (χ1n) is 14.8. The fourth-order valence-corrected chi connectivity index (χ4v) is 2.33. The number of nitrogen functional groups attached to an aromatic ring is 1. The SMILES string of the molecule is [2H]c1sc(N)nc1C([2H])([2H])C(=O)Nc1ccc(C([2H])([2H])C([2H])([2H])NC([2H])([2H])[C@@H](O)c2c([2H])c([2H])c([2H])c([2H])c2[2H])cc1. The van der Waals surface area contributed by atoms with E-state index in [4.69, 9.17) is 24.9 Å². The third-order valence-electron chi connectivity index (χ3n) is 3.12. The Labute approximate surface area is 188 Å². The summed E-state index contributed by atoms with van der Waals surface area (Å²) in [5.74, 6) is -1.20. The summed E-state index contributed by atoms with van der Waals surface area (Å²) < 4.78 is 112. The molecule has 0 radical (unpaired) electrons. The van der Waals surface area contributed by atoms with Crippen molar-refractivity contribution in [3.8, 4) is 0 Å². The molecule has 1 aromatic heterocycles. The fraction of sp³-hybridized carbons (Fsp3) is 0.238. The summed E-state index contributed by atoms with van der Waals surface area (Å²) in [6, 6.07) is 0.0289. The second kappa shape index (κ2) is 9.98. The Morgan fingerprint density at radius 3 is 2.71 bits per heavy atom. The van der Waals surface area contributed by atoms with Gasteiger partial charge in [0.2, 0.25) is 5.91 Å². The van der Waals surface area contributed by atoms with Gasteiger partial charge in [0.1, 0.15) is 0 Å². The van der Waals surface area contributed by atoms with Crippen LogP contribution in [0, 0.1) is 0 Å². The Balaban J connectivity index is 1.84. The molecular formula is C21H24N4O2S. The molecule has 7 heteroatoms. The topological polar surface area (TPSA) is 100 Å². The molecule has 3 aromatic rings. The maximum Gasteiger partial charge on any atom is 0.230 e. The monoisotopic (exact) mass is 410 g/mol. The average Bonchev–Trinajstić information content (AvgIpc) is 3.24. The van der Waals surface area contributed by atoms with Crippen molar-refractivity contribution in [3.05, 3.63) is 76.7 Å². The number of thiazole rings is 1. The van der Waals surface area contributed by atoms with Gasteiger partial charge in [0.15, 0.2) is 5.13 Å². The van der Waals surface area contributed by atoms with Gasteiger partial charge in [-0.2, -0.15) is 0 Å². The van der Waals surface area contributed by atoms with Crippen molar-refractivity contribution in [2.45, 2.75) is 18.8 Å². The number of nitrogens with two attached hydrogens (primary N) is 1. The Kier molecular flexibility index (Phi) is 3.11. The highest BCUT2D eigenvalue weighted by atomic mass is 32.1. The molecule has 146 valence electrons. The van der Waals surface area contributed by atoms with E-state index in [-0.39, 0.29) is 21.7 Å². The van der Waals surface area contributed by atoms with Gasteiger partial charge in [0.25, 0.3) is 0 Å². The maximum atomic E-state index is 12.6. The molecule has 0 aliphatic rings. The number of benzene rings is 2. The van der Waals surface area contributed by atoms with E-state index in [9.17, 15) is 9.90 Å². The van der Waals surface area contributed by atoms with Crippen LogP contribution in [-0.2, 0) is 17.5 Å². The molecule has 0 saturated carbocycles. The van der Waals surface area contributed by atoms with Crippen molar-refractivity contribution in [1.29, 1.82) is 0 Å². The normalized spacial score (nSPS) is 21.2. The Hall–Kier alpha value is -2.74. The number of nitrogens with one attached hydrogen (secondary N) is 2. The van der Waals surface area contributed by atoms with Gasteiger partial charge in [-0.05, 0) is 36.1 Å². The third kappa shape index (κ3) is 6.16. The molecule has 1 heterocycles. The van der Waals surface area contributed by atoms with Gasteiger partial charge >= 0.3 is 0 Å². The van der Waals surface area contributed by atoms with Gasteiger partial charge in [-0.3, -0.25) is 4.79 Å². The third-order valence-corrected chi connectivity index (χ3v) is 3.72. The quantitative estimate of drug-likeness (QED) is 0.435. The van der Waals surface area contributed by atoms with Crippen LogP contribution in [0.15, 0.2) is 59.8 Å². The summed E-state index contributed by atoms with van der Waals surface area (Å²) >= 11 is 0.679. The first-order chi connectivity index (χ1) is 19.1. The molecule has 2 aromatic carbocycles. The second-order valence-corrected chi connectivity index (χ2v) is 5.95. The number of nitrogens with zero attached hydrogens (tertiary/aromatic N) is 1. The lowest BCUT2D eigenvalue weighted by molar-refractivity contribution is -0.115. The molecule has 0 unspecified atom stereocenters. The second-order valence-electron chi connectivity index (χ2n) is 5.12. The Morgan fingerprint density at radius 1 is 1.29 bits per heavy atom. The van der Waals surface area contributed by atoms with E-state index in [1.165, 1.54) is 0 Å². The van der Waals surface area contributed by atoms with Crippen LogP contribution in [0.1, 0.15) is 42.1 Å². The summed E-state index contributed by atoms with van der Waals surface area (Å²) in [5.41, 5.74) is 3.74. The molecule has 0 bridgehead atoms. The summed E-state index contributed by atoms with van der Waals surface area (Å²) in [7, 11) is 0. The first-order valence-corrected chi connectivity index (χ1v) is 8.57. The van der Waals surface area contributed by atoms with Crippen LogP contribution in [-0.4, -0.2) is 29.0 Å². The van der Waals surface area contributed by atoms with Crippen LogP contribution in [0.25, 0.3) is 0 Å². The highest BCUT2D eigenvalue weighted by molar-refractivity contribution is 7.13. The lowest BCUT2D eigenvalue weighted by atomic mass is 10.1. The molecule has 28 heavy (non-hydrogen) atoms. The largest absolute Gasteiger partial charge is 0.387 e. The number of carbonyl (C=O) groups excluding carboxylic acids is 1. The summed E-state index contributed by atoms with van der Waals surface area (Å²) in [6.45, 7) is -6.53. The van der Waals surface area contributed by atoms with E-state index in [0.717, 1.165) is 24.3 Å². The molecule has 0 aliphatic heterocycles. The highest BCUT2D eigenvalue weighted by Gasteiger charge is 2.08. The van der Waals surface area contributed by atoms with Crippen molar-refractivity contribution in [2.24, 2.45) is 0 Å². The van der Waals surface area contributed by atoms with Gasteiger partial charge in [0.05, 0.1) is 26.4 Å². The lowest BCUT2D eigenvalue weighted by Gasteiger charge is -2.12. The molecule has 6 nitrogen and oxygen atoms in total. The fourth-order valence-electron chi connectivity index (χ4n) is 1.89. The van der Waals surface area contributed by atoms with Crippen LogP contribution < -0.4 is 16.4 Å². The first kappa shape index (κ1) is 8.73. The van der Waals surface area contributed by atoms with Crippen LogP contribution in [0.3, 0.4) is 0 Å². The maximum absolute atomic E-state index is 12.6. The van der Waals surface area contributed by atoms with Crippen molar-refractivity contribution in [2.75, 3.05) is 24.0 Å². The minimum absolute atomic E-state index is 0.0291. The number of rotatable bonds is 9. The van der Waals surface area contributed by atoms with E-state index < -0.39 is 79.2 Å². The number of amides is 1. The zero-order chi connectivity index (χ0) is 32.2. The summed E-state index contributed by atoms with van der Waals surface area (Å²) in [6.07, 6.45) is -8.27. The van der Waals surface area contributed by atoms with Crippen molar-refractivity contribution in [3.63, 3.8) is 0 Å². The van der Waals surface area contributed by atoms with Gasteiger partial charge in [-0.15, -0.1) is 11.3 Å². The molecule has 0 saturated heterocycles. The minimum atomic E-state index is -3.28. The van der Waals surface area contributed by atoms with Gasteiger partial charge in [0, 0.05) is 28.5 Å². The number of anilines is 2. The smallest absolute Gasteiger partial charge is 0.230 e. The van der Waals surface area contributed by atoms with E-state index >= 15 is 0 Å². The zero-order valence-electron chi connectivity index (χ0n) is 28.2. The van der Waals surface area contributed by atoms with Gasteiger partial charge < -0.3 is 21.5 Å². The van der Waals surface area contributed by atoms with Crippen LogP contribution >= 0.6 is 11.3 Å². The number of aliphatic hydroxyl groups excluding tert-OH is 1. The molecule has 1 atom stereocenters. The average molecular weight is 411 g/mol. The van der Waals surface area contributed by atoms with E-state index in [0.29, 0.717) is 11.3 Å². The number of carbonyl (C=O) groups is 1. The Morgan fingerprint density at radius 2 is 2.04 bits per heavy atom. The number of hydrogen-bond donors (Lipinski definition) is 4. The minimum Gasteiger partial charge on any atom is -0.387 e.